The van der Waals surface area contributed by atoms with Crippen LogP contribution in [0.1, 0.15) is 47.5 Å². The van der Waals surface area contributed by atoms with Gasteiger partial charge in [-0.05, 0) is 41.0 Å². The Bertz CT molecular complexity index is 363. The molecule has 1 atom stereocenters. The lowest BCUT2D eigenvalue weighted by Crippen LogP contribution is -2.56. The van der Waals surface area contributed by atoms with Crippen LogP contribution in [-0.2, 0) is 19.0 Å². The van der Waals surface area contributed by atoms with Crippen LogP contribution in [-0.4, -0.2) is 48.0 Å². The molecule has 1 aliphatic rings. The maximum atomic E-state index is 12.3. The zero-order valence-corrected chi connectivity index (χ0v) is 13.0. The Kier molecular flexibility index (Phi) is 5.39. The number of carbonyl (C=O) groups excluding carboxylic acids is 2. The molecule has 6 heteroatoms. The number of esters is 1. The van der Waals surface area contributed by atoms with E-state index in [2.05, 4.69) is 0 Å². The van der Waals surface area contributed by atoms with Crippen molar-refractivity contribution >= 4 is 12.1 Å². The van der Waals surface area contributed by atoms with E-state index in [0.29, 0.717) is 26.0 Å². The molecule has 0 unspecified atom stereocenters. The highest BCUT2D eigenvalue weighted by molar-refractivity contribution is 5.85. The van der Waals surface area contributed by atoms with Gasteiger partial charge in [0.25, 0.3) is 0 Å². The fourth-order valence-electron chi connectivity index (χ4n) is 2.25. The molecule has 116 valence electrons. The van der Waals surface area contributed by atoms with E-state index in [9.17, 15) is 9.59 Å². The van der Waals surface area contributed by atoms with Gasteiger partial charge in [0.1, 0.15) is 5.60 Å². The van der Waals surface area contributed by atoms with Gasteiger partial charge in [-0.1, -0.05) is 0 Å². The summed E-state index contributed by atoms with van der Waals surface area (Å²) in [6, 6.07) is 0. The van der Waals surface area contributed by atoms with Gasteiger partial charge in [-0.25, -0.2) is 9.59 Å². The minimum absolute atomic E-state index is 0.246. The van der Waals surface area contributed by atoms with E-state index < -0.39 is 23.4 Å². The summed E-state index contributed by atoms with van der Waals surface area (Å²) in [6.07, 6.45) is 0.563. The van der Waals surface area contributed by atoms with E-state index in [-0.39, 0.29) is 6.61 Å². The lowest BCUT2D eigenvalue weighted by Gasteiger charge is -2.36. The Labute approximate surface area is 120 Å². The Morgan fingerprint density at radius 1 is 1.20 bits per heavy atom. The summed E-state index contributed by atoms with van der Waals surface area (Å²) in [5.41, 5.74) is -1.96. The Morgan fingerprint density at radius 3 is 2.35 bits per heavy atom. The maximum Gasteiger partial charge on any atom is 0.413 e. The van der Waals surface area contributed by atoms with Gasteiger partial charge in [0.2, 0.25) is 5.72 Å². The van der Waals surface area contributed by atoms with Gasteiger partial charge in [0.05, 0.1) is 6.61 Å². The first-order valence-electron chi connectivity index (χ1n) is 7.08. The number of nitrogens with zero attached hydrogens (tertiary/aromatic N) is 1. The topological polar surface area (TPSA) is 65.1 Å². The summed E-state index contributed by atoms with van der Waals surface area (Å²) in [5.74, 6) is -0.523. The largest absolute Gasteiger partial charge is 0.462 e. The highest BCUT2D eigenvalue weighted by atomic mass is 16.6. The van der Waals surface area contributed by atoms with Crippen molar-refractivity contribution in [3.05, 3.63) is 0 Å². The van der Waals surface area contributed by atoms with Gasteiger partial charge in [0.15, 0.2) is 0 Å². The average molecular weight is 287 g/mol. The number of carbonyl (C=O) groups is 2. The minimum atomic E-state index is -1.34. The van der Waals surface area contributed by atoms with E-state index in [4.69, 9.17) is 14.2 Å². The van der Waals surface area contributed by atoms with Gasteiger partial charge in [-0.2, -0.15) is 0 Å². The van der Waals surface area contributed by atoms with E-state index in [1.165, 1.54) is 4.90 Å². The predicted molar refractivity (Wildman–Crippen MR) is 73.2 cm³/mol. The van der Waals surface area contributed by atoms with E-state index >= 15 is 0 Å². The zero-order valence-electron chi connectivity index (χ0n) is 13.0. The first-order chi connectivity index (χ1) is 9.27. The number of rotatable bonds is 4. The Morgan fingerprint density at radius 2 is 1.85 bits per heavy atom. The van der Waals surface area contributed by atoms with Crippen LogP contribution in [0.5, 0.6) is 0 Å². The van der Waals surface area contributed by atoms with Gasteiger partial charge in [-0.15, -0.1) is 0 Å². The molecule has 20 heavy (non-hydrogen) atoms. The quantitative estimate of drug-likeness (QED) is 0.742. The van der Waals surface area contributed by atoms with E-state index in [0.717, 1.165) is 0 Å². The lowest BCUT2D eigenvalue weighted by atomic mass is 10.1. The van der Waals surface area contributed by atoms with Crippen molar-refractivity contribution in [2.45, 2.75) is 58.8 Å². The number of hydrogen-bond acceptors (Lipinski definition) is 5. The molecule has 0 aromatic carbocycles. The molecule has 1 amide bonds. The van der Waals surface area contributed by atoms with E-state index in [1.54, 1.807) is 34.6 Å². The Balaban J connectivity index is 2.97. The van der Waals surface area contributed by atoms with Crippen molar-refractivity contribution in [3.8, 4) is 0 Å². The second-order valence-corrected chi connectivity index (χ2v) is 5.67. The second-order valence-electron chi connectivity index (χ2n) is 5.67. The second kappa shape index (κ2) is 6.43. The van der Waals surface area contributed by atoms with Crippen molar-refractivity contribution in [3.63, 3.8) is 0 Å². The molecule has 1 rings (SSSR count). The molecule has 1 saturated heterocycles. The third-order valence-corrected chi connectivity index (χ3v) is 2.92. The highest BCUT2D eigenvalue weighted by Crippen LogP contribution is 2.33. The number of hydrogen-bond donors (Lipinski definition) is 0. The predicted octanol–water partition coefficient (Wildman–Crippen LogP) is 2.31. The molecule has 0 saturated carbocycles. The first-order valence-corrected chi connectivity index (χ1v) is 7.08. The molecule has 0 N–H and O–H groups in total. The lowest BCUT2D eigenvalue weighted by molar-refractivity contribution is -0.192. The van der Waals surface area contributed by atoms with Gasteiger partial charge in [-0.3, -0.25) is 4.90 Å². The Hall–Kier alpha value is -1.30. The van der Waals surface area contributed by atoms with Crippen LogP contribution in [0.3, 0.4) is 0 Å². The summed E-state index contributed by atoms with van der Waals surface area (Å²) < 4.78 is 16.0. The first kappa shape index (κ1) is 16.8. The zero-order chi connectivity index (χ0) is 15.4. The molecule has 0 spiro atoms. The summed E-state index contributed by atoms with van der Waals surface area (Å²) in [5, 5.41) is 0. The number of amides is 1. The van der Waals surface area contributed by atoms with Crippen LogP contribution in [0, 0.1) is 0 Å². The van der Waals surface area contributed by atoms with Crippen molar-refractivity contribution in [1.29, 1.82) is 0 Å². The molecule has 6 nitrogen and oxygen atoms in total. The fraction of sp³-hybridized carbons (Fsp3) is 0.857. The molecular formula is C14H25NO5. The molecule has 0 aromatic rings. The monoisotopic (exact) mass is 287 g/mol. The summed E-state index contributed by atoms with van der Waals surface area (Å²) in [7, 11) is 0. The average Bonchev–Trinajstić information content (AvgIpc) is 2.72. The summed E-state index contributed by atoms with van der Waals surface area (Å²) >= 11 is 0. The number of likely N-dealkylation sites (tertiary alicyclic amines) is 1. The third-order valence-electron chi connectivity index (χ3n) is 2.92. The van der Waals surface area contributed by atoms with Crippen molar-refractivity contribution < 1.29 is 23.8 Å². The van der Waals surface area contributed by atoms with Gasteiger partial charge in [0, 0.05) is 19.6 Å². The van der Waals surface area contributed by atoms with Crippen LogP contribution >= 0.6 is 0 Å². The molecule has 0 aliphatic carbocycles. The molecule has 1 fully saturated rings. The summed E-state index contributed by atoms with van der Waals surface area (Å²) in [6.45, 7) is 9.85. The third kappa shape index (κ3) is 3.62. The van der Waals surface area contributed by atoms with Crippen LogP contribution in [0.25, 0.3) is 0 Å². The standard InChI is InChI=1S/C14H25NO5/c1-6-18-11(16)14(19-7-2)9-8-10-15(14)12(17)20-13(3,4)5/h6-10H2,1-5H3/t14-/m1/s1. The SMILES string of the molecule is CCOC(=O)[C@]1(OCC)CCCN1C(=O)OC(C)(C)C. The van der Waals surface area contributed by atoms with Crippen molar-refractivity contribution in [1.82, 2.24) is 4.90 Å². The van der Waals surface area contributed by atoms with E-state index in [1.807, 2.05) is 0 Å². The van der Waals surface area contributed by atoms with Crippen LogP contribution in [0.2, 0.25) is 0 Å². The van der Waals surface area contributed by atoms with Crippen molar-refractivity contribution in [2.24, 2.45) is 0 Å². The van der Waals surface area contributed by atoms with Crippen LogP contribution in [0.4, 0.5) is 4.79 Å². The molecule has 0 bridgehead atoms. The molecular weight excluding hydrogens is 262 g/mol. The molecule has 0 aromatic heterocycles. The molecule has 0 radical (unpaired) electrons. The van der Waals surface area contributed by atoms with Crippen LogP contribution in [0.15, 0.2) is 0 Å². The molecule has 1 heterocycles. The smallest absolute Gasteiger partial charge is 0.413 e. The maximum absolute atomic E-state index is 12.3. The van der Waals surface area contributed by atoms with Crippen LogP contribution < -0.4 is 0 Å². The molecule has 1 aliphatic heterocycles. The number of ether oxygens (including phenoxy) is 3. The van der Waals surface area contributed by atoms with Gasteiger partial charge < -0.3 is 14.2 Å². The highest BCUT2D eigenvalue weighted by Gasteiger charge is 2.53. The van der Waals surface area contributed by atoms with Gasteiger partial charge >= 0.3 is 12.1 Å². The normalized spacial score (nSPS) is 22.8. The minimum Gasteiger partial charge on any atom is -0.462 e. The summed E-state index contributed by atoms with van der Waals surface area (Å²) in [4.78, 5) is 25.9. The van der Waals surface area contributed by atoms with Crippen molar-refractivity contribution in [2.75, 3.05) is 19.8 Å². The fourth-order valence-corrected chi connectivity index (χ4v) is 2.25.